The van der Waals surface area contributed by atoms with E-state index in [1.165, 1.54) is 0 Å². The van der Waals surface area contributed by atoms with Gasteiger partial charge in [-0.3, -0.25) is 0 Å². The normalized spacial score (nSPS) is 9.08. The lowest BCUT2D eigenvalue weighted by atomic mass is 10.2. The van der Waals surface area contributed by atoms with Crippen LogP contribution in [0.2, 0.25) is 5.02 Å². The van der Waals surface area contributed by atoms with Gasteiger partial charge in [-0.15, -0.1) is 6.42 Å². The SMILES string of the molecule is C#CCOc1cccc(C)c1Cl. The van der Waals surface area contributed by atoms with Crippen molar-refractivity contribution in [2.24, 2.45) is 0 Å². The fraction of sp³-hybridized carbons (Fsp3) is 0.200. The highest BCUT2D eigenvalue weighted by atomic mass is 35.5. The summed E-state index contributed by atoms with van der Waals surface area (Å²) in [6, 6.07) is 5.60. The first-order valence-electron chi connectivity index (χ1n) is 3.57. The van der Waals surface area contributed by atoms with Gasteiger partial charge in [0.05, 0.1) is 5.02 Å². The van der Waals surface area contributed by atoms with Crippen LogP contribution in [0.1, 0.15) is 5.56 Å². The number of hydrogen-bond donors (Lipinski definition) is 0. The first-order valence-corrected chi connectivity index (χ1v) is 3.95. The van der Waals surface area contributed by atoms with E-state index in [-0.39, 0.29) is 6.61 Å². The number of ether oxygens (including phenoxy) is 1. The molecule has 1 aromatic rings. The van der Waals surface area contributed by atoms with Gasteiger partial charge in [0.2, 0.25) is 0 Å². The Balaban J connectivity index is 2.86. The van der Waals surface area contributed by atoms with E-state index >= 15 is 0 Å². The fourth-order valence-corrected chi connectivity index (χ4v) is 1.03. The molecule has 12 heavy (non-hydrogen) atoms. The molecule has 0 radical (unpaired) electrons. The molecule has 2 heteroatoms. The molecule has 0 aliphatic heterocycles. The second-order valence-electron chi connectivity index (χ2n) is 2.38. The van der Waals surface area contributed by atoms with Crippen LogP contribution in [0.15, 0.2) is 18.2 Å². The van der Waals surface area contributed by atoms with Crippen LogP contribution < -0.4 is 4.74 Å². The molecule has 0 aliphatic rings. The zero-order valence-corrected chi connectivity index (χ0v) is 7.56. The Kier molecular flexibility index (Phi) is 3.01. The van der Waals surface area contributed by atoms with Gasteiger partial charge in [-0.25, -0.2) is 0 Å². The quantitative estimate of drug-likeness (QED) is 0.636. The number of rotatable bonds is 2. The van der Waals surface area contributed by atoms with Gasteiger partial charge in [0.15, 0.2) is 0 Å². The lowest BCUT2D eigenvalue weighted by Crippen LogP contribution is -1.94. The second kappa shape index (κ2) is 4.04. The van der Waals surface area contributed by atoms with E-state index in [9.17, 15) is 0 Å². The summed E-state index contributed by atoms with van der Waals surface area (Å²) in [5.41, 5.74) is 0.992. The predicted octanol–water partition coefficient (Wildman–Crippen LogP) is 2.66. The van der Waals surface area contributed by atoms with Crippen LogP contribution in [-0.2, 0) is 0 Å². The smallest absolute Gasteiger partial charge is 0.148 e. The average molecular weight is 181 g/mol. The third-order valence-electron chi connectivity index (χ3n) is 1.47. The minimum Gasteiger partial charge on any atom is -0.479 e. The van der Waals surface area contributed by atoms with E-state index in [4.69, 9.17) is 22.8 Å². The molecule has 0 heterocycles. The van der Waals surface area contributed by atoms with Crippen molar-refractivity contribution in [1.82, 2.24) is 0 Å². The van der Waals surface area contributed by atoms with E-state index < -0.39 is 0 Å². The van der Waals surface area contributed by atoms with Gasteiger partial charge in [0.1, 0.15) is 12.4 Å². The summed E-state index contributed by atoms with van der Waals surface area (Å²) in [6.07, 6.45) is 5.05. The van der Waals surface area contributed by atoms with E-state index in [1.807, 2.05) is 19.1 Å². The highest BCUT2D eigenvalue weighted by Crippen LogP contribution is 2.26. The zero-order chi connectivity index (χ0) is 8.97. The molecule has 0 fully saturated rings. The molecule has 0 N–H and O–H groups in total. The van der Waals surface area contributed by atoms with Gasteiger partial charge in [-0.2, -0.15) is 0 Å². The highest BCUT2D eigenvalue weighted by molar-refractivity contribution is 6.32. The molecule has 0 bridgehead atoms. The van der Waals surface area contributed by atoms with Crippen LogP contribution in [0.4, 0.5) is 0 Å². The minimum atomic E-state index is 0.253. The summed E-state index contributed by atoms with van der Waals surface area (Å²) in [6.45, 7) is 2.17. The summed E-state index contributed by atoms with van der Waals surface area (Å²) in [4.78, 5) is 0. The number of halogens is 1. The van der Waals surface area contributed by atoms with Crippen molar-refractivity contribution in [1.29, 1.82) is 0 Å². The summed E-state index contributed by atoms with van der Waals surface area (Å²) < 4.78 is 5.20. The Morgan fingerprint density at radius 2 is 2.33 bits per heavy atom. The molecular weight excluding hydrogens is 172 g/mol. The monoisotopic (exact) mass is 180 g/mol. The lowest BCUT2D eigenvalue weighted by molar-refractivity contribution is 0.370. The predicted molar refractivity (Wildman–Crippen MR) is 50.5 cm³/mol. The van der Waals surface area contributed by atoms with Gasteiger partial charge in [0.25, 0.3) is 0 Å². The summed E-state index contributed by atoms with van der Waals surface area (Å²) >= 11 is 5.94. The fourth-order valence-electron chi connectivity index (χ4n) is 0.851. The second-order valence-corrected chi connectivity index (χ2v) is 2.76. The van der Waals surface area contributed by atoms with E-state index in [1.54, 1.807) is 6.07 Å². The third-order valence-corrected chi connectivity index (χ3v) is 1.95. The molecule has 1 nitrogen and oxygen atoms in total. The molecule has 0 unspecified atom stereocenters. The Morgan fingerprint density at radius 1 is 1.58 bits per heavy atom. The molecule has 0 saturated carbocycles. The maximum Gasteiger partial charge on any atom is 0.148 e. The number of terminal acetylenes is 1. The zero-order valence-electron chi connectivity index (χ0n) is 6.80. The van der Waals surface area contributed by atoms with Crippen molar-refractivity contribution in [2.45, 2.75) is 6.92 Å². The molecular formula is C10H9ClO. The first-order chi connectivity index (χ1) is 5.75. The van der Waals surface area contributed by atoms with Gasteiger partial charge >= 0.3 is 0 Å². The minimum absolute atomic E-state index is 0.253. The third kappa shape index (κ3) is 1.93. The van der Waals surface area contributed by atoms with Crippen LogP contribution >= 0.6 is 11.6 Å². The summed E-state index contributed by atoms with van der Waals surface area (Å²) in [7, 11) is 0. The Labute approximate surface area is 77.3 Å². The average Bonchev–Trinajstić information content (AvgIpc) is 2.08. The van der Waals surface area contributed by atoms with Crippen LogP contribution in [-0.4, -0.2) is 6.61 Å². The Hall–Kier alpha value is -1.13. The van der Waals surface area contributed by atoms with Crippen LogP contribution in [0.3, 0.4) is 0 Å². The molecule has 0 saturated heterocycles. The van der Waals surface area contributed by atoms with Gasteiger partial charge in [-0.05, 0) is 18.6 Å². The van der Waals surface area contributed by atoms with E-state index in [0.29, 0.717) is 10.8 Å². The molecule has 0 atom stereocenters. The molecule has 0 aliphatic carbocycles. The highest BCUT2D eigenvalue weighted by Gasteiger charge is 2.01. The first kappa shape index (κ1) is 8.96. The topological polar surface area (TPSA) is 9.23 Å². The Bertz CT molecular complexity index is 312. The molecule has 0 spiro atoms. The van der Waals surface area contributed by atoms with Crippen molar-refractivity contribution in [3.05, 3.63) is 28.8 Å². The van der Waals surface area contributed by atoms with Crippen molar-refractivity contribution in [3.63, 3.8) is 0 Å². The van der Waals surface area contributed by atoms with Crippen molar-refractivity contribution >= 4 is 11.6 Å². The molecule has 1 rings (SSSR count). The maximum absolute atomic E-state index is 5.94. The number of aryl methyl sites for hydroxylation is 1. The van der Waals surface area contributed by atoms with E-state index in [2.05, 4.69) is 5.92 Å². The van der Waals surface area contributed by atoms with Crippen LogP contribution in [0.25, 0.3) is 0 Å². The molecule has 62 valence electrons. The molecule has 0 aromatic heterocycles. The molecule has 1 aromatic carbocycles. The largest absolute Gasteiger partial charge is 0.479 e. The van der Waals surface area contributed by atoms with Crippen molar-refractivity contribution in [2.75, 3.05) is 6.61 Å². The van der Waals surface area contributed by atoms with Gasteiger partial charge in [-0.1, -0.05) is 29.7 Å². The van der Waals surface area contributed by atoms with E-state index in [0.717, 1.165) is 5.56 Å². The summed E-state index contributed by atoms with van der Waals surface area (Å²) in [5.74, 6) is 3.03. The lowest BCUT2D eigenvalue weighted by Gasteiger charge is -2.05. The summed E-state index contributed by atoms with van der Waals surface area (Å²) in [5, 5.41) is 0.632. The standard InChI is InChI=1S/C10H9ClO/c1-3-7-12-9-6-4-5-8(2)10(9)11/h1,4-6H,7H2,2H3. The number of benzene rings is 1. The van der Waals surface area contributed by atoms with Crippen LogP contribution in [0, 0.1) is 19.3 Å². The molecule has 0 amide bonds. The maximum atomic E-state index is 5.94. The van der Waals surface area contributed by atoms with Crippen molar-refractivity contribution in [3.8, 4) is 18.1 Å². The Morgan fingerprint density at radius 3 is 3.00 bits per heavy atom. The van der Waals surface area contributed by atoms with Gasteiger partial charge < -0.3 is 4.74 Å². The van der Waals surface area contributed by atoms with Gasteiger partial charge in [0, 0.05) is 0 Å². The van der Waals surface area contributed by atoms with Crippen LogP contribution in [0.5, 0.6) is 5.75 Å². The van der Waals surface area contributed by atoms with Crippen molar-refractivity contribution < 1.29 is 4.74 Å². The number of hydrogen-bond acceptors (Lipinski definition) is 1.